The normalized spacial score (nSPS) is 12.6. The van der Waals surface area contributed by atoms with E-state index in [0.29, 0.717) is 10.8 Å². The highest BCUT2D eigenvalue weighted by Gasteiger charge is 2.35. The number of hydrogen-bond donors (Lipinski definition) is 1. The Labute approximate surface area is 163 Å². The van der Waals surface area contributed by atoms with E-state index < -0.39 is 11.6 Å². The fourth-order valence-corrected chi connectivity index (χ4v) is 2.69. The summed E-state index contributed by atoms with van der Waals surface area (Å²) in [5.74, 6) is 0.318. The SMILES string of the molecule is CC(C)(CO)C(=O)C(Oc1ccc(-c2ccc(Cl)cc2)cc1)n1ccnc1. The molecule has 1 unspecified atom stereocenters. The molecule has 140 valence electrons. The van der Waals surface area contributed by atoms with Crippen LogP contribution >= 0.6 is 11.6 Å². The Balaban J connectivity index is 1.84. The summed E-state index contributed by atoms with van der Waals surface area (Å²) in [6.45, 7) is 3.11. The number of benzene rings is 2. The third kappa shape index (κ3) is 4.38. The van der Waals surface area contributed by atoms with Crippen LogP contribution in [0.2, 0.25) is 5.02 Å². The monoisotopic (exact) mass is 384 g/mol. The van der Waals surface area contributed by atoms with E-state index in [0.717, 1.165) is 11.1 Å². The number of nitrogens with zero attached hydrogens (tertiary/aromatic N) is 2. The van der Waals surface area contributed by atoms with Crippen LogP contribution in [0.25, 0.3) is 11.1 Å². The second kappa shape index (κ2) is 7.94. The van der Waals surface area contributed by atoms with Crippen LogP contribution in [0, 0.1) is 5.41 Å². The number of carbonyl (C=O) groups is 1. The molecule has 0 saturated heterocycles. The third-order valence-electron chi connectivity index (χ3n) is 4.36. The average molecular weight is 385 g/mol. The first-order valence-electron chi connectivity index (χ1n) is 8.56. The molecule has 3 rings (SSSR count). The van der Waals surface area contributed by atoms with Crippen molar-refractivity contribution in [3.8, 4) is 16.9 Å². The Bertz CT molecular complexity index is 888. The molecule has 0 aliphatic heterocycles. The molecule has 0 bridgehead atoms. The molecular weight excluding hydrogens is 364 g/mol. The lowest BCUT2D eigenvalue weighted by molar-refractivity contribution is -0.140. The lowest BCUT2D eigenvalue weighted by Gasteiger charge is -2.27. The van der Waals surface area contributed by atoms with E-state index in [1.165, 1.54) is 6.33 Å². The molecule has 0 fully saturated rings. The molecule has 1 aromatic heterocycles. The van der Waals surface area contributed by atoms with Crippen molar-refractivity contribution >= 4 is 17.4 Å². The van der Waals surface area contributed by atoms with Crippen molar-refractivity contribution in [2.45, 2.75) is 20.1 Å². The van der Waals surface area contributed by atoms with E-state index in [2.05, 4.69) is 4.98 Å². The van der Waals surface area contributed by atoms with Crippen LogP contribution in [0.5, 0.6) is 5.75 Å². The zero-order chi connectivity index (χ0) is 19.4. The minimum absolute atomic E-state index is 0.232. The topological polar surface area (TPSA) is 64.3 Å². The van der Waals surface area contributed by atoms with Gasteiger partial charge in [-0.2, -0.15) is 0 Å². The van der Waals surface area contributed by atoms with Crippen molar-refractivity contribution < 1.29 is 14.6 Å². The lowest BCUT2D eigenvalue weighted by Crippen LogP contribution is -2.37. The number of hydrogen-bond acceptors (Lipinski definition) is 4. The lowest BCUT2D eigenvalue weighted by atomic mass is 9.88. The maximum Gasteiger partial charge on any atom is 0.236 e. The first kappa shape index (κ1) is 19.1. The molecule has 1 atom stereocenters. The van der Waals surface area contributed by atoms with Gasteiger partial charge in [0.15, 0.2) is 0 Å². The Morgan fingerprint density at radius 1 is 1.15 bits per heavy atom. The molecule has 0 amide bonds. The number of halogens is 1. The maximum atomic E-state index is 12.9. The number of imidazole rings is 1. The largest absolute Gasteiger partial charge is 0.463 e. The van der Waals surface area contributed by atoms with Gasteiger partial charge in [-0.05, 0) is 35.4 Å². The maximum absolute atomic E-state index is 12.9. The summed E-state index contributed by atoms with van der Waals surface area (Å²) in [6, 6.07) is 15.0. The molecule has 3 aromatic rings. The zero-order valence-corrected chi connectivity index (χ0v) is 15.9. The van der Waals surface area contributed by atoms with Gasteiger partial charge in [-0.25, -0.2) is 4.98 Å². The molecular formula is C21H21ClN2O3. The summed E-state index contributed by atoms with van der Waals surface area (Å²) in [6.07, 6.45) is 3.87. The number of carbonyl (C=O) groups excluding carboxylic acids is 1. The molecule has 1 heterocycles. The van der Waals surface area contributed by atoms with Gasteiger partial charge in [-0.3, -0.25) is 9.36 Å². The molecule has 5 nitrogen and oxygen atoms in total. The number of Topliss-reactive ketones (excluding diaryl/α,β-unsaturated/α-hetero) is 1. The van der Waals surface area contributed by atoms with E-state index in [4.69, 9.17) is 16.3 Å². The summed E-state index contributed by atoms with van der Waals surface area (Å²) in [5, 5.41) is 10.2. The molecule has 2 aromatic carbocycles. The van der Waals surface area contributed by atoms with Crippen molar-refractivity contribution in [2.75, 3.05) is 6.61 Å². The molecule has 0 aliphatic rings. The van der Waals surface area contributed by atoms with Crippen molar-refractivity contribution in [2.24, 2.45) is 5.41 Å². The molecule has 0 aliphatic carbocycles. The summed E-state index contributed by atoms with van der Waals surface area (Å²) < 4.78 is 7.55. The van der Waals surface area contributed by atoms with Crippen LogP contribution in [0.15, 0.2) is 67.3 Å². The highest BCUT2D eigenvalue weighted by Crippen LogP contribution is 2.29. The Morgan fingerprint density at radius 2 is 1.74 bits per heavy atom. The van der Waals surface area contributed by atoms with E-state index in [1.54, 1.807) is 30.8 Å². The minimum atomic E-state index is -0.932. The van der Waals surface area contributed by atoms with Crippen LogP contribution < -0.4 is 4.74 Å². The van der Waals surface area contributed by atoms with E-state index in [1.807, 2.05) is 48.5 Å². The van der Waals surface area contributed by atoms with Crippen molar-refractivity contribution in [3.63, 3.8) is 0 Å². The zero-order valence-electron chi connectivity index (χ0n) is 15.2. The van der Waals surface area contributed by atoms with Gasteiger partial charge in [0.2, 0.25) is 12.0 Å². The first-order valence-corrected chi connectivity index (χ1v) is 8.94. The minimum Gasteiger partial charge on any atom is -0.463 e. The van der Waals surface area contributed by atoms with Crippen LogP contribution in [-0.4, -0.2) is 27.0 Å². The van der Waals surface area contributed by atoms with Crippen LogP contribution in [-0.2, 0) is 4.79 Å². The van der Waals surface area contributed by atoms with Gasteiger partial charge in [0, 0.05) is 17.4 Å². The molecule has 27 heavy (non-hydrogen) atoms. The Kier molecular flexibility index (Phi) is 5.63. The van der Waals surface area contributed by atoms with Crippen molar-refractivity contribution in [1.82, 2.24) is 9.55 Å². The number of aliphatic hydroxyl groups excluding tert-OH is 1. The quantitative estimate of drug-likeness (QED) is 0.657. The molecule has 0 saturated carbocycles. The van der Waals surface area contributed by atoms with Crippen LogP contribution in [0.1, 0.15) is 20.1 Å². The van der Waals surface area contributed by atoms with E-state index in [-0.39, 0.29) is 12.4 Å². The van der Waals surface area contributed by atoms with Crippen LogP contribution in [0.3, 0.4) is 0 Å². The Morgan fingerprint density at radius 3 is 2.26 bits per heavy atom. The van der Waals surface area contributed by atoms with Crippen molar-refractivity contribution in [1.29, 1.82) is 0 Å². The van der Waals surface area contributed by atoms with Gasteiger partial charge in [-0.1, -0.05) is 49.7 Å². The fraction of sp³-hybridized carbons (Fsp3) is 0.238. The highest BCUT2D eigenvalue weighted by atomic mass is 35.5. The van der Waals surface area contributed by atoms with Crippen molar-refractivity contribution in [3.05, 3.63) is 72.3 Å². The number of ether oxygens (including phenoxy) is 1. The standard InChI is InChI=1S/C21H21ClN2O3/c1-21(2,13-25)19(26)20(24-12-11-23-14-24)27-18-9-5-16(6-10-18)15-3-7-17(22)8-4-15/h3-12,14,20,25H,13H2,1-2H3. The van der Waals surface area contributed by atoms with E-state index >= 15 is 0 Å². The number of aliphatic hydroxyl groups is 1. The predicted molar refractivity (Wildman–Crippen MR) is 105 cm³/mol. The predicted octanol–water partition coefficient (Wildman–Crippen LogP) is 4.37. The van der Waals surface area contributed by atoms with Gasteiger partial charge in [0.25, 0.3) is 0 Å². The van der Waals surface area contributed by atoms with Crippen LogP contribution in [0.4, 0.5) is 0 Å². The molecule has 1 N–H and O–H groups in total. The summed E-state index contributed by atoms with van der Waals surface area (Å²) in [7, 11) is 0. The second-order valence-corrected chi connectivity index (χ2v) is 7.35. The fourth-order valence-electron chi connectivity index (χ4n) is 2.57. The van der Waals surface area contributed by atoms with Gasteiger partial charge in [0.05, 0.1) is 18.3 Å². The highest BCUT2D eigenvalue weighted by molar-refractivity contribution is 6.30. The third-order valence-corrected chi connectivity index (χ3v) is 4.61. The Hall–Kier alpha value is -2.63. The number of ketones is 1. The second-order valence-electron chi connectivity index (χ2n) is 6.92. The molecule has 6 heteroatoms. The number of rotatable bonds is 7. The summed E-state index contributed by atoms with van der Waals surface area (Å²) in [5.41, 5.74) is 1.12. The van der Waals surface area contributed by atoms with Gasteiger partial charge in [-0.15, -0.1) is 0 Å². The van der Waals surface area contributed by atoms with E-state index in [9.17, 15) is 9.90 Å². The van der Waals surface area contributed by atoms with Gasteiger partial charge in [0.1, 0.15) is 5.75 Å². The van der Waals surface area contributed by atoms with Gasteiger partial charge < -0.3 is 9.84 Å². The summed E-state index contributed by atoms with van der Waals surface area (Å²) >= 11 is 5.93. The molecule has 0 radical (unpaired) electrons. The number of aromatic nitrogens is 2. The average Bonchev–Trinajstić information content (AvgIpc) is 3.21. The first-order chi connectivity index (χ1) is 12.9. The summed E-state index contributed by atoms with van der Waals surface area (Å²) in [4.78, 5) is 16.9. The molecule has 0 spiro atoms. The smallest absolute Gasteiger partial charge is 0.236 e. The van der Waals surface area contributed by atoms with Gasteiger partial charge >= 0.3 is 0 Å².